The lowest BCUT2D eigenvalue weighted by Crippen LogP contribution is -1.99. The minimum absolute atomic E-state index is 0.395. The monoisotopic (exact) mass is 199 g/mol. The van der Waals surface area contributed by atoms with Gasteiger partial charge in [0.25, 0.3) is 0 Å². The first-order valence-corrected chi connectivity index (χ1v) is 4.65. The fourth-order valence-electron chi connectivity index (χ4n) is 1.30. The van der Waals surface area contributed by atoms with Crippen molar-refractivity contribution in [1.82, 2.24) is 4.98 Å². The van der Waals surface area contributed by atoms with E-state index in [1.54, 1.807) is 7.11 Å². The number of aromatic nitrogens is 1. The molecule has 0 bridgehead atoms. The van der Waals surface area contributed by atoms with Gasteiger partial charge in [-0.1, -0.05) is 25.4 Å². The highest BCUT2D eigenvalue weighted by Crippen LogP contribution is 2.27. The summed E-state index contributed by atoms with van der Waals surface area (Å²) >= 11 is 5.92. The van der Waals surface area contributed by atoms with Crippen molar-refractivity contribution in [3.05, 3.63) is 22.3 Å². The lowest BCUT2D eigenvalue weighted by atomic mass is 10.1. The third-order valence-electron chi connectivity index (χ3n) is 1.91. The summed E-state index contributed by atoms with van der Waals surface area (Å²) in [7, 11) is 1.58. The molecule has 0 amide bonds. The van der Waals surface area contributed by atoms with E-state index in [2.05, 4.69) is 18.8 Å². The SMILES string of the molecule is COc1nc(C(C)C)c(C)cc1Cl. The largest absolute Gasteiger partial charge is 0.480 e. The van der Waals surface area contributed by atoms with Gasteiger partial charge in [0.05, 0.1) is 7.11 Å². The number of ether oxygens (including phenoxy) is 1. The van der Waals surface area contributed by atoms with Crippen LogP contribution in [0.15, 0.2) is 6.07 Å². The molecule has 1 aromatic rings. The summed E-state index contributed by atoms with van der Waals surface area (Å²) in [6.07, 6.45) is 0. The first-order chi connectivity index (χ1) is 6.06. The number of hydrogen-bond donors (Lipinski definition) is 0. The van der Waals surface area contributed by atoms with Crippen LogP contribution in [0, 0.1) is 6.92 Å². The Morgan fingerprint density at radius 3 is 2.54 bits per heavy atom. The molecule has 0 saturated carbocycles. The lowest BCUT2D eigenvalue weighted by Gasteiger charge is -2.11. The van der Waals surface area contributed by atoms with E-state index in [0.717, 1.165) is 11.3 Å². The van der Waals surface area contributed by atoms with Crippen molar-refractivity contribution in [2.75, 3.05) is 7.11 Å². The van der Waals surface area contributed by atoms with Gasteiger partial charge in [-0.15, -0.1) is 0 Å². The second-order valence-corrected chi connectivity index (χ2v) is 3.74. The van der Waals surface area contributed by atoms with E-state index in [-0.39, 0.29) is 0 Å². The van der Waals surface area contributed by atoms with E-state index in [9.17, 15) is 0 Å². The predicted molar refractivity (Wildman–Crippen MR) is 54.6 cm³/mol. The average Bonchev–Trinajstić information content (AvgIpc) is 2.03. The number of rotatable bonds is 2. The number of halogens is 1. The summed E-state index contributed by atoms with van der Waals surface area (Å²) in [4.78, 5) is 4.34. The van der Waals surface area contributed by atoms with Gasteiger partial charge < -0.3 is 4.74 Å². The van der Waals surface area contributed by atoms with Gasteiger partial charge in [0.1, 0.15) is 5.02 Å². The summed E-state index contributed by atoms with van der Waals surface area (Å²) < 4.78 is 5.05. The maximum atomic E-state index is 5.92. The van der Waals surface area contributed by atoms with Crippen LogP contribution < -0.4 is 4.74 Å². The lowest BCUT2D eigenvalue weighted by molar-refractivity contribution is 0.395. The molecule has 1 rings (SSSR count). The van der Waals surface area contributed by atoms with Crippen LogP contribution in [0.4, 0.5) is 0 Å². The first kappa shape index (κ1) is 10.3. The van der Waals surface area contributed by atoms with Crippen LogP contribution in [0.2, 0.25) is 5.02 Å². The summed E-state index contributed by atoms with van der Waals surface area (Å²) in [6, 6.07) is 1.89. The molecule has 2 nitrogen and oxygen atoms in total. The number of aryl methyl sites for hydroxylation is 1. The van der Waals surface area contributed by atoms with Gasteiger partial charge in [0.2, 0.25) is 5.88 Å². The van der Waals surface area contributed by atoms with Gasteiger partial charge in [-0.05, 0) is 24.5 Å². The number of nitrogens with zero attached hydrogens (tertiary/aromatic N) is 1. The highest BCUT2D eigenvalue weighted by Gasteiger charge is 2.10. The highest BCUT2D eigenvalue weighted by molar-refractivity contribution is 6.31. The third kappa shape index (κ3) is 2.13. The fourth-order valence-corrected chi connectivity index (χ4v) is 1.59. The Balaban J connectivity index is 3.22. The van der Waals surface area contributed by atoms with Gasteiger partial charge >= 0.3 is 0 Å². The van der Waals surface area contributed by atoms with Crippen molar-refractivity contribution in [2.45, 2.75) is 26.7 Å². The predicted octanol–water partition coefficient (Wildman–Crippen LogP) is 3.18. The van der Waals surface area contributed by atoms with Crippen LogP contribution in [0.25, 0.3) is 0 Å². The topological polar surface area (TPSA) is 22.1 Å². The number of hydrogen-bond acceptors (Lipinski definition) is 2. The molecule has 72 valence electrons. The zero-order valence-electron chi connectivity index (χ0n) is 8.39. The van der Waals surface area contributed by atoms with Crippen LogP contribution in [-0.4, -0.2) is 12.1 Å². The Labute approximate surface area is 83.9 Å². The van der Waals surface area contributed by atoms with Gasteiger partial charge in [-0.25, -0.2) is 4.98 Å². The van der Waals surface area contributed by atoms with E-state index in [0.29, 0.717) is 16.8 Å². The quantitative estimate of drug-likeness (QED) is 0.730. The molecule has 0 radical (unpaired) electrons. The summed E-state index contributed by atoms with van der Waals surface area (Å²) in [5.74, 6) is 0.905. The van der Waals surface area contributed by atoms with E-state index in [1.165, 1.54) is 0 Å². The Hall–Kier alpha value is -0.760. The minimum Gasteiger partial charge on any atom is -0.480 e. The van der Waals surface area contributed by atoms with Crippen LogP contribution in [0.3, 0.4) is 0 Å². The molecule has 0 aliphatic carbocycles. The van der Waals surface area contributed by atoms with Crippen molar-refractivity contribution in [2.24, 2.45) is 0 Å². The van der Waals surface area contributed by atoms with Gasteiger partial charge in [-0.3, -0.25) is 0 Å². The van der Waals surface area contributed by atoms with Crippen molar-refractivity contribution < 1.29 is 4.74 Å². The normalized spacial score (nSPS) is 10.6. The maximum Gasteiger partial charge on any atom is 0.232 e. The van der Waals surface area contributed by atoms with Crippen LogP contribution in [0.1, 0.15) is 31.0 Å². The van der Waals surface area contributed by atoms with E-state index in [1.807, 2.05) is 13.0 Å². The van der Waals surface area contributed by atoms with Crippen molar-refractivity contribution in [1.29, 1.82) is 0 Å². The molecule has 0 fully saturated rings. The van der Waals surface area contributed by atoms with Crippen LogP contribution >= 0.6 is 11.6 Å². The third-order valence-corrected chi connectivity index (χ3v) is 2.18. The molecule has 1 aromatic heterocycles. The summed E-state index contributed by atoms with van der Waals surface area (Å²) in [5.41, 5.74) is 2.15. The molecular formula is C10H14ClNO. The summed E-state index contributed by atoms with van der Waals surface area (Å²) in [5, 5.41) is 0.574. The molecule has 0 atom stereocenters. The second-order valence-electron chi connectivity index (χ2n) is 3.34. The molecule has 0 spiro atoms. The Morgan fingerprint density at radius 2 is 2.08 bits per heavy atom. The second kappa shape index (κ2) is 3.97. The maximum absolute atomic E-state index is 5.92. The van der Waals surface area contributed by atoms with E-state index in [4.69, 9.17) is 16.3 Å². The Bertz CT molecular complexity index is 310. The van der Waals surface area contributed by atoms with Gasteiger partial charge in [-0.2, -0.15) is 0 Å². The standard InChI is InChI=1S/C10H14ClNO/c1-6(2)9-7(3)5-8(11)10(12-9)13-4/h5-6H,1-4H3. The fraction of sp³-hybridized carbons (Fsp3) is 0.500. The molecule has 3 heteroatoms. The first-order valence-electron chi connectivity index (χ1n) is 4.27. The molecular weight excluding hydrogens is 186 g/mol. The van der Waals surface area contributed by atoms with Gasteiger partial charge in [0.15, 0.2) is 0 Å². The molecule has 0 aromatic carbocycles. The van der Waals surface area contributed by atoms with Crippen molar-refractivity contribution in [3.63, 3.8) is 0 Å². The van der Waals surface area contributed by atoms with Crippen molar-refractivity contribution in [3.8, 4) is 5.88 Å². The molecule has 0 saturated heterocycles. The highest BCUT2D eigenvalue weighted by atomic mass is 35.5. The molecule has 0 aliphatic rings. The van der Waals surface area contributed by atoms with Crippen LogP contribution in [-0.2, 0) is 0 Å². The average molecular weight is 200 g/mol. The molecule has 0 aliphatic heterocycles. The summed E-state index contributed by atoms with van der Waals surface area (Å²) in [6.45, 7) is 6.21. The zero-order chi connectivity index (χ0) is 10.0. The Kier molecular flexibility index (Phi) is 3.15. The molecule has 0 unspecified atom stereocenters. The molecule has 1 heterocycles. The van der Waals surface area contributed by atoms with Crippen molar-refractivity contribution >= 4 is 11.6 Å². The van der Waals surface area contributed by atoms with E-state index < -0.39 is 0 Å². The molecule has 13 heavy (non-hydrogen) atoms. The molecule has 0 N–H and O–H groups in total. The van der Waals surface area contributed by atoms with Crippen LogP contribution in [0.5, 0.6) is 5.88 Å². The number of pyridine rings is 1. The van der Waals surface area contributed by atoms with Gasteiger partial charge in [0, 0.05) is 5.69 Å². The zero-order valence-corrected chi connectivity index (χ0v) is 9.14. The Morgan fingerprint density at radius 1 is 1.46 bits per heavy atom. The number of methoxy groups -OCH3 is 1. The van der Waals surface area contributed by atoms with E-state index >= 15 is 0 Å². The smallest absolute Gasteiger partial charge is 0.232 e. The minimum atomic E-state index is 0.395.